The summed E-state index contributed by atoms with van der Waals surface area (Å²) in [5, 5.41) is 2.71. The molecular weight excluding hydrogens is 284 g/mol. The highest BCUT2D eigenvalue weighted by atomic mass is 16.3. The van der Waals surface area contributed by atoms with E-state index in [9.17, 15) is 9.59 Å². The van der Waals surface area contributed by atoms with Gasteiger partial charge in [0.25, 0.3) is 5.56 Å². The highest BCUT2D eigenvalue weighted by Crippen LogP contribution is 2.06. The maximum atomic E-state index is 11.9. The summed E-state index contributed by atoms with van der Waals surface area (Å²) in [6.07, 6.45) is 3.24. The molecule has 0 aliphatic rings. The second-order valence-electron chi connectivity index (χ2n) is 4.79. The highest BCUT2D eigenvalue weighted by molar-refractivity contribution is 5.76. The zero-order valence-electron chi connectivity index (χ0n) is 11.7. The number of fused-ring (bicyclic) bond motifs is 1. The summed E-state index contributed by atoms with van der Waals surface area (Å²) >= 11 is 0. The van der Waals surface area contributed by atoms with Gasteiger partial charge in [0.15, 0.2) is 6.39 Å². The summed E-state index contributed by atoms with van der Waals surface area (Å²) in [7, 11) is 0. The molecule has 0 bridgehead atoms. The number of nitrogens with one attached hydrogen (secondary N) is 2. The predicted octanol–water partition coefficient (Wildman–Crippen LogP) is 1.16. The monoisotopic (exact) mass is 298 g/mol. The molecule has 0 aliphatic carbocycles. The quantitative estimate of drug-likeness (QED) is 0.736. The van der Waals surface area contributed by atoms with Crippen LogP contribution in [0.2, 0.25) is 0 Å². The van der Waals surface area contributed by atoms with Crippen LogP contribution in [0.15, 0.2) is 46.1 Å². The Morgan fingerprint density at radius 1 is 1.32 bits per heavy atom. The summed E-state index contributed by atoms with van der Waals surface area (Å²) in [6.45, 7) is 0.302. The number of carbonyl (C=O) groups is 1. The number of aromatic nitrogens is 3. The zero-order chi connectivity index (χ0) is 15.4. The van der Waals surface area contributed by atoms with Crippen LogP contribution in [-0.4, -0.2) is 20.9 Å². The first-order valence-electron chi connectivity index (χ1n) is 6.84. The molecule has 2 N–H and O–H groups in total. The van der Waals surface area contributed by atoms with Crippen molar-refractivity contribution in [1.29, 1.82) is 0 Å². The van der Waals surface area contributed by atoms with E-state index in [-0.39, 0.29) is 24.3 Å². The molecule has 0 saturated carbocycles. The van der Waals surface area contributed by atoms with Gasteiger partial charge in [-0.25, -0.2) is 9.97 Å². The molecule has 2 aromatic heterocycles. The Labute approximate surface area is 125 Å². The molecule has 22 heavy (non-hydrogen) atoms. The second-order valence-corrected chi connectivity index (χ2v) is 4.79. The highest BCUT2D eigenvalue weighted by Gasteiger charge is 2.08. The Kier molecular flexibility index (Phi) is 3.95. The van der Waals surface area contributed by atoms with E-state index in [1.165, 1.54) is 12.7 Å². The van der Waals surface area contributed by atoms with E-state index in [1.54, 1.807) is 6.07 Å². The minimum atomic E-state index is -0.261. The first-order chi connectivity index (χ1) is 10.7. The Morgan fingerprint density at radius 2 is 2.18 bits per heavy atom. The van der Waals surface area contributed by atoms with Crippen molar-refractivity contribution in [2.45, 2.75) is 19.4 Å². The van der Waals surface area contributed by atoms with Crippen LogP contribution in [-0.2, 0) is 17.8 Å². The van der Waals surface area contributed by atoms with Gasteiger partial charge in [-0.3, -0.25) is 9.59 Å². The van der Waals surface area contributed by atoms with E-state index >= 15 is 0 Å². The lowest BCUT2D eigenvalue weighted by Crippen LogP contribution is -2.24. The first-order valence-corrected chi connectivity index (χ1v) is 6.84. The third-order valence-corrected chi connectivity index (χ3v) is 3.21. The fourth-order valence-corrected chi connectivity index (χ4v) is 2.07. The Bertz CT molecular complexity index is 839. The Morgan fingerprint density at radius 3 is 3.00 bits per heavy atom. The minimum absolute atomic E-state index is 0.169. The van der Waals surface area contributed by atoms with Crippen LogP contribution >= 0.6 is 0 Å². The third kappa shape index (κ3) is 3.20. The number of aryl methyl sites for hydroxylation is 1. The number of H-pyrrole nitrogens is 1. The molecule has 0 spiro atoms. The average molecular weight is 298 g/mol. The third-order valence-electron chi connectivity index (χ3n) is 3.21. The fraction of sp³-hybridized carbons (Fsp3) is 0.200. The molecule has 0 radical (unpaired) electrons. The van der Waals surface area contributed by atoms with Crippen molar-refractivity contribution in [1.82, 2.24) is 20.3 Å². The SMILES string of the molecule is O=C(CCc1nc2ccccc2[nH]c1=O)NCc1cocn1. The number of para-hydroxylation sites is 2. The minimum Gasteiger partial charge on any atom is -0.451 e. The van der Waals surface area contributed by atoms with Crippen LogP contribution in [0.4, 0.5) is 0 Å². The summed E-state index contributed by atoms with van der Waals surface area (Å²) in [6, 6.07) is 7.29. The van der Waals surface area contributed by atoms with Gasteiger partial charge in [-0.1, -0.05) is 12.1 Å². The standard InChI is InChI=1S/C15H14N4O3/c20-14(16-7-10-8-22-9-17-10)6-5-13-15(21)19-12-4-2-1-3-11(12)18-13/h1-4,8-9H,5-7H2,(H,16,20)(H,19,21). The van der Waals surface area contributed by atoms with Crippen molar-refractivity contribution in [3.05, 3.63) is 58.7 Å². The lowest BCUT2D eigenvalue weighted by atomic mass is 10.2. The van der Waals surface area contributed by atoms with Crippen LogP contribution < -0.4 is 10.9 Å². The zero-order valence-corrected chi connectivity index (χ0v) is 11.7. The van der Waals surface area contributed by atoms with Crippen molar-refractivity contribution in [3.8, 4) is 0 Å². The van der Waals surface area contributed by atoms with Crippen LogP contribution in [0.1, 0.15) is 17.8 Å². The number of hydrogen-bond acceptors (Lipinski definition) is 5. The molecule has 2 heterocycles. The van der Waals surface area contributed by atoms with Gasteiger partial charge in [0.1, 0.15) is 12.0 Å². The maximum Gasteiger partial charge on any atom is 0.270 e. The molecule has 0 aliphatic heterocycles. The lowest BCUT2D eigenvalue weighted by molar-refractivity contribution is -0.121. The van der Waals surface area contributed by atoms with Gasteiger partial charge in [-0.2, -0.15) is 0 Å². The first kappa shape index (κ1) is 14.0. The number of hydrogen-bond donors (Lipinski definition) is 2. The topological polar surface area (TPSA) is 101 Å². The molecular formula is C15H14N4O3. The summed E-state index contributed by atoms with van der Waals surface area (Å²) in [5.41, 5.74) is 2.14. The van der Waals surface area contributed by atoms with Crippen LogP contribution in [0.5, 0.6) is 0 Å². The van der Waals surface area contributed by atoms with Crippen LogP contribution in [0.3, 0.4) is 0 Å². The predicted molar refractivity (Wildman–Crippen MR) is 79.0 cm³/mol. The second kappa shape index (κ2) is 6.21. The van der Waals surface area contributed by atoms with Crippen LogP contribution in [0.25, 0.3) is 11.0 Å². The van der Waals surface area contributed by atoms with Crippen molar-refractivity contribution in [2.24, 2.45) is 0 Å². The number of rotatable bonds is 5. The number of benzene rings is 1. The lowest BCUT2D eigenvalue weighted by Gasteiger charge is -2.04. The number of aromatic amines is 1. The average Bonchev–Trinajstić information content (AvgIpc) is 3.04. The molecule has 112 valence electrons. The summed E-state index contributed by atoms with van der Waals surface area (Å²) < 4.78 is 4.81. The Hall–Kier alpha value is -2.96. The van der Waals surface area contributed by atoms with Crippen molar-refractivity contribution in [3.63, 3.8) is 0 Å². The molecule has 0 atom stereocenters. The number of oxazole rings is 1. The molecule has 1 aromatic carbocycles. The van der Waals surface area contributed by atoms with Gasteiger partial charge in [0.2, 0.25) is 5.91 Å². The molecule has 7 nitrogen and oxygen atoms in total. The van der Waals surface area contributed by atoms with Gasteiger partial charge < -0.3 is 14.7 Å². The Balaban J connectivity index is 1.62. The van der Waals surface area contributed by atoms with E-state index in [0.717, 1.165) is 0 Å². The van der Waals surface area contributed by atoms with E-state index < -0.39 is 0 Å². The molecule has 7 heteroatoms. The number of nitrogens with zero attached hydrogens (tertiary/aromatic N) is 2. The van der Waals surface area contributed by atoms with Gasteiger partial charge in [-0.05, 0) is 12.1 Å². The smallest absolute Gasteiger partial charge is 0.270 e. The van der Waals surface area contributed by atoms with Gasteiger partial charge in [0, 0.05) is 12.8 Å². The van der Waals surface area contributed by atoms with Gasteiger partial charge in [-0.15, -0.1) is 0 Å². The van der Waals surface area contributed by atoms with Crippen molar-refractivity contribution < 1.29 is 9.21 Å². The molecule has 0 unspecified atom stereocenters. The normalized spacial score (nSPS) is 10.7. The van der Waals surface area contributed by atoms with E-state index in [1.807, 2.05) is 18.2 Å². The van der Waals surface area contributed by atoms with Crippen molar-refractivity contribution in [2.75, 3.05) is 0 Å². The molecule has 0 saturated heterocycles. The van der Waals surface area contributed by atoms with E-state index in [4.69, 9.17) is 4.42 Å². The number of amides is 1. The van der Waals surface area contributed by atoms with Crippen LogP contribution in [0, 0.1) is 0 Å². The van der Waals surface area contributed by atoms with E-state index in [2.05, 4.69) is 20.3 Å². The van der Waals surface area contributed by atoms with E-state index in [0.29, 0.717) is 29.0 Å². The summed E-state index contributed by atoms with van der Waals surface area (Å²) in [5.74, 6) is -0.169. The summed E-state index contributed by atoms with van der Waals surface area (Å²) in [4.78, 5) is 34.7. The van der Waals surface area contributed by atoms with Crippen molar-refractivity contribution >= 4 is 16.9 Å². The largest absolute Gasteiger partial charge is 0.451 e. The number of carbonyl (C=O) groups excluding carboxylic acids is 1. The molecule has 1 amide bonds. The van der Waals surface area contributed by atoms with Gasteiger partial charge in [0.05, 0.1) is 23.3 Å². The molecule has 0 fully saturated rings. The fourth-order valence-electron chi connectivity index (χ4n) is 2.07. The molecule has 3 rings (SSSR count). The maximum absolute atomic E-state index is 11.9. The molecule has 3 aromatic rings. The van der Waals surface area contributed by atoms with Gasteiger partial charge >= 0.3 is 0 Å².